The molecule has 0 radical (unpaired) electrons. The Kier molecular flexibility index (Phi) is 6.19. The number of rotatable bonds is 4. The van der Waals surface area contributed by atoms with Crippen molar-refractivity contribution in [2.75, 3.05) is 20.2 Å². The Morgan fingerprint density at radius 2 is 1.97 bits per heavy atom. The second kappa shape index (κ2) is 9.00. The van der Waals surface area contributed by atoms with Crippen molar-refractivity contribution in [2.45, 2.75) is 57.0 Å². The number of aryl methyl sites for hydroxylation is 1. The van der Waals surface area contributed by atoms with Gasteiger partial charge >= 0.3 is 0 Å². The van der Waals surface area contributed by atoms with Gasteiger partial charge in [-0.25, -0.2) is 0 Å². The van der Waals surface area contributed by atoms with E-state index in [-0.39, 0.29) is 11.9 Å². The molecule has 2 aromatic carbocycles. The Labute approximate surface area is 174 Å². The van der Waals surface area contributed by atoms with Gasteiger partial charge in [-0.2, -0.15) is 0 Å². The summed E-state index contributed by atoms with van der Waals surface area (Å²) in [6.45, 7) is 3.93. The van der Waals surface area contributed by atoms with E-state index in [0.29, 0.717) is 18.4 Å². The zero-order valence-corrected chi connectivity index (χ0v) is 17.6. The smallest absolute Gasteiger partial charge is 0.227 e. The molecule has 4 rings (SSSR count). The molecule has 0 saturated carbocycles. The Bertz CT molecular complexity index is 836. The molecule has 0 aromatic heterocycles. The largest absolute Gasteiger partial charge is 0.496 e. The third-order valence-corrected chi connectivity index (χ3v) is 6.56. The minimum Gasteiger partial charge on any atom is -0.496 e. The fourth-order valence-electron chi connectivity index (χ4n) is 5.14. The highest BCUT2D eigenvalue weighted by molar-refractivity contribution is 5.80. The molecule has 2 saturated heterocycles. The van der Waals surface area contributed by atoms with Crippen molar-refractivity contribution in [3.05, 3.63) is 65.2 Å². The molecule has 29 heavy (non-hydrogen) atoms. The van der Waals surface area contributed by atoms with Crippen molar-refractivity contribution < 1.29 is 9.53 Å². The number of carbonyl (C=O) groups is 1. The Balaban J connectivity index is 1.56. The maximum absolute atomic E-state index is 13.4. The highest BCUT2D eigenvalue weighted by Crippen LogP contribution is 2.36. The minimum absolute atomic E-state index is 0.221. The molecule has 154 valence electrons. The zero-order chi connectivity index (χ0) is 20.2. The van der Waals surface area contributed by atoms with Crippen molar-refractivity contribution in [3.8, 4) is 5.75 Å². The summed E-state index contributed by atoms with van der Waals surface area (Å²) in [6.07, 6.45) is 4.85. The van der Waals surface area contributed by atoms with Gasteiger partial charge in [0.05, 0.1) is 13.5 Å². The summed E-state index contributed by atoms with van der Waals surface area (Å²) < 4.78 is 5.51. The van der Waals surface area contributed by atoms with Crippen LogP contribution in [0.5, 0.6) is 5.75 Å². The summed E-state index contributed by atoms with van der Waals surface area (Å²) in [7, 11) is 1.68. The summed E-state index contributed by atoms with van der Waals surface area (Å²) in [4.78, 5) is 15.6. The molecule has 0 aliphatic carbocycles. The summed E-state index contributed by atoms with van der Waals surface area (Å²) in [6, 6.07) is 17.5. The van der Waals surface area contributed by atoms with Crippen LogP contribution in [0.15, 0.2) is 48.5 Å². The normalized spacial score (nSPS) is 24.5. The molecule has 1 N–H and O–H groups in total. The number of amides is 1. The van der Waals surface area contributed by atoms with Gasteiger partial charge < -0.3 is 15.0 Å². The van der Waals surface area contributed by atoms with Crippen LogP contribution in [0.3, 0.4) is 0 Å². The second-order valence-electron chi connectivity index (χ2n) is 8.43. The van der Waals surface area contributed by atoms with Gasteiger partial charge in [0, 0.05) is 30.1 Å². The first-order valence-electron chi connectivity index (χ1n) is 10.9. The molecular weight excluding hydrogens is 360 g/mol. The maximum Gasteiger partial charge on any atom is 0.227 e. The molecule has 2 aliphatic rings. The van der Waals surface area contributed by atoms with Crippen LogP contribution in [0.2, 0.25) is 0 Å². The molecule has 0 unspecified atom stereocenters. The fourth-order valence-corrected chi connectivity index (χ4v) is 5.14. The maximum atomic E-state index is 13.4. The van der Waals surface area contributed by atoms with Crippen LogP contribution in [0.25, 0.3) is 0 Å². The molecule has 2 aromatic rings. The second-order valence-corrected chi connectivity index (χ2v) is 8.43. The van der Waals surface area contributed by atoms with E-state index in [1.165, 1.54) is 18.4 Å². The van der Waals surface area contributed by atoms with Crippen LogP contribution in [0.4, 0.5) is 0 Å². The Hall–Kier alpha value is -2.33. The van der Waals surface area contributed by atoms with Crippen LogP contribution in [0, 0.1) is 6.92 Å². The van der Waals surface area contributed by atoms with Crippen LogP contribution in [-0.2, 0) is 11.2 Å². The lowest BCUT2D eigenvalue weighted by Crippen LogP contribution is -2.58. The van der Waals surface area contributed by atoms with Crippen LogP contribution in [-0.4, -0.2) is 43.1 Å². The van der Waals surface area contributed by atoms with Crippen molar-refractivity contribution in [3.63, 3.8) is 0 Å². The Morgan fingerprint density at radius 3 is 2.76 bits per heavy atom. The van der Waals surface area contributed by atoms with E-state index in [9.17, 15) is 4.79 Å². The quantitative estimate of drug-likeness (QED) is 0.853. The summed E-state index contributed by atoms with van der Waals surface area (Å²) in [5.41, 5.74) is 3.54. The monoisotopic (exact) mass is 392 g/mol. The number of hydrogen-bond donors (Lipinski definition) is 1. The van der Waals surface area contributed by atoms with Gasteiger partial charge in [0.1, 0.15) is 5.75 Å². The first-order valence-corrected chi connectivity index (χ1v) is 10.9. The highest BCUT2D eigenvalue weighted by Gasteiger charge is 2.40. The zero-order valence-electron chi connectivity index (χ0n) is 17.6. The third kappa shape index (κ3) is 4.32. The number of carbonyl (C=O) groups excluding carboxylic acids is 1. The van der Waals surface area contributed by atoms with E-state index in [0.717, 1.165) is 42.8 Å². The van der Waals surface area contributed by atoms with E-state index in [1.54, 1.807) is 7.11 Å². The van der Waals surface area contributed by atoms with E-state index >= 15 is 0 Å². The first-order chi connectivity index (χ1) is 14.2. The van der Waals surface area contributed by atoms with Crippen molar-refractivity contribution in [1.29, 1.82) is 0 Å². The van der Waals surface area contributed by atoms with Crippen LogP contribution < -0.4 is 10.1 Å². The van der Waals surface area contributed by atoms with Crippen LogP contribution in [0.1, 0.15) is 48.3 Å². The topological polar surface area (TPSA) is 41.6 Å². The number of likely N-dealkylation sites (tertiary alicyclic amines) is 1. The number of benzene rings is 2. The number of ether oxygens (including phenoxy) is 1. The van der Waals surface area contributed by atoms with E-state index in [4.69, 9.17) is 4.74 Å². The molecule has 0 bridgehead atoms. The standard InChI is InChI=1S/C25H32N2O2/c1-18-11-12-23(29-2)20(16-18)17-24(28)27-15-13-21(19-8-4-3-5-9-19)25-22(27)10-6-7-14-26-25/h3-5,8-9,11-12,16,21-22,25-26H,6-7,10,13-15,17H2,1-2H3/t21-,22-,25-/m1/s1. The lowest BCUT2D eigenvalue weighted by atomic mass is 9.79. The average Bonchev–Trinajstić information content (AvgIpc) is 3.00. The first kappa shape index (κ1) is 20.0. The number of hydrogen-bond acceptors (Lipinski definition) is 3. The molecule has 3 atom stereocenters. The Morgan fingerprint density at radius 1 is 1.14 bits per heavy atom. The molecule has 2 heterocycles. The molecule has 4 heteroatoms. The van der Waals surface area contributed by atoms with Crippen LogP contribution >= 0.6 is 0 Å². The summed E-state index contributed by atoms with van der Waals surface area (Å²) in [5.74, 6) is 1.50. The predicted molar refractivity (Wildman–Crippen MR) is 116 cm³/mol. The van der Waals surface area contributed by atoms with Gasteiger partial charge in [0.15, 0.2) is 0 Å². The lowest BCUT2D eigenvalue weighted by molar-refractivity contribution is -0.135. The summed E-state index contributed by atoms with van der Waals surface area (Å²) >= 11 is 0. The molecule has 2 fully saturated rings. The van der Waals surface area contributed by atoms with Gasteiger partial charge in [-0.1, -0.05) is 54.4 Å². The van der Waals surface area contributed by atoms with Gasteiger partial charge in [0.2, 0.25) is 5.91 Å². The predicted octanol–water partition coefficient (Wildman–Crippen LogP) is 4.07. The van der Waals surface area contributed by atoms with Crippen molar-refractivity contribution in [2.24, 2.45) is 0 Å². The number of nitrogens with zero attached hydrogens (tertiary/aromatic N) is 1. The number of nitrogens with one attached hydrogen (secondary N) is 1. The summed E-state index contributed by atoms with van der Waals surface area (Å²) in [5, 5.41) is 3.79. The van der Waals surface area contributed by atoms with Gasteiger partial charge in [-0.05, 0) is 44.4 Å². The van der Waals surface area contributed by atoms with Crippen molar-refractivity contribution in [1.82, 2.24) is 10.2 Å². The fraction of sp³-hybridized carbons (Fsp3) is 0.480. The number of fused-ring (bicyclic) bond motifs is 1. The minimum atomic E-state index is 0.221. The van der Waals surface area contributed by atoms with E-state index in [1.807, 2.05) is 12.1 Å². The van der Waals surface area contributed by atoms with Gasteiger partial charge in [0.25, 0.3) is 0 Å². The average molecular weight is 393 g/mol. The number of methoxy groups -OCH3 is 1. The third-order valence-electron chi connectivity index (χ3n) is 6.56. The molecule has 0 spiro atoms. The highest BCUT2D eigenvalue weighted by atomic mass is 16.5. The molecule has 2 aliphatic heterocycles. The molecule has 1 amide bonds. The molecular formula is C25H32N2O2. The molecule has 4 nitrogen and oxygen atoms in total. The van der Waals surface area contributed by atoms with E-state index in [2.05, 4.69) is 53.5 Å². The van der Waals surface area contributed by atoms with Crippen molar-refractivity contribution >= 4 is 5.91 Å². The van der Waals surface area contributed by atoms with Gasteiger partial charge in [-0.3, -0.25) is 4.79 Å². The SMILES string of the molecule is COc1ccc(C)cc1CC(=O)N1CC[C@H](c2ccccc2)[C@H]2NCCCC[C@H]21. The lowest BCUT2D eigenvalue weighted by Gasteiger charge is -2.45. The van der Waals surface area contributed by atoms with Gasteiger partial charge in [-0.15, -0.1) is 0 Å². The van der Waals surface area contributed by atoms with E-state index < -0.39 is 0 Å². The number of piperidine rings is 1.